The van der Waals surface area contributed by atoms with Gasteiger partial charge in [0.25, 0.3) is 0 Å². The molecule has 0 aliphatic carbocycles. The molecule has 0 amide bonds. The zero-order valence-corrected chi connectivity index (χ0v) is 19.4. The second-order valence-corrected chi connectivity index (χ2v) is 8.53. The van der Waals surface area contributed by atoms with E-state index in [9.17, 15) is 4.79 Å². The van der Waals surface area contributed by atoms with E-state index in [-0.39, 0.29) is 0 Å². The number of H-pyrrole nitrogens is 1. The number of hydrogen-bond acceptors (Lipinski definition) is 2. The highest BCUT2D eigenvalue weighted by Crippen LogP contribution is 2.19. The Balaban J connectivity index is 1.15. The maximum atomic E-state index is 10.5. The molecule has 2 aromatic carbocycles. The third-order valence-electron chi connectivity index (χ3n) is 5.87. The molecule has 3 N–H and O–H groups in total. The summed E-state index contributed by atoms with van der Waals surface area (Å²) in [6, 6.07) is 16.3. The first-order valence-corrected chi connectivity index (χ1v) is 12.2. The normalized spacial score (nSPS) is 11.6. The highest BCUT2D eigenvalue weighted by Gasteiger charge is 1.98. The smallest absolute Gasteiger partial charge is 0.328 e. The second kappa shape index (κ2) is 14.0. The summed E-state index contributed by atoms with van der Waals surface area (Å²) in [6.45, 7) is 0.979. The maximum absolute atomic E-state index is 10.5. The fourth-order valence-electron chi connectivity index (χ4n) is 4.00. The van der Waals surface area contributed by atoms with Gasteiger partial charge in [0.05, 0.1) is 0 Å². The molecule has 1 aromatic heterocycles. The summed E-state index contributed by atoms with van der Waals surface area (Å²) in [6.07, 6.45) is 20.9. The summed E-state index contributed by atoms with van der Waals surface area (Å²) in [5, 5.41) is 13.4. The van der Waals surface area contributed by atoms with Crippen LogP contribution < -0.4 is 5.32 Å². The van der Waals surface area contributed by atoms with Crippen molar-refractivity contribution in [2.75, 3.05) is 11.9 Å². The molecule has 0 saturated carbocycles. The average Bonchev–Trinajstić information content (AvgIpc) is 3.24. The summed E-state index contributed by atoms with van der Waals surface area (Å²) < 4.78 is 0. The number of rotatable bonds is 15. The Bertz CT molecular complexity index is 1030. The molecule has 4 nitrogen and oxygen atoms in total. The zero-order valence-electron chi connectivity index (χ0n) is 19.4. The van der Waals surface area contributed by atoms with Crippen molar-refractivity contribution in [3.05, 3.63) is 78.0 Å². The molecule has 3 aromatic rings. The van der Waals surface area contributed by atoms with Gasteiger partial charge in [-0.3, -0.25) is 0 Å². The Hall–Kier alpha value is -3.27. The molecular weight excluding hydrogens is 408 g/mol. The summed E-state index contributed by atoms with van der Waals surface area (Å²) >= 11 is 0. The molecule has 0 aliphatic rings. The SMILES string of the molecule is O=C(O)C=Cc1ccc(NCCCCCCCCCCC=Cc2c[nH]c3ccccc23)cc1. The highest BCUT2D eigenvalue weighted by atomic mass is 16.4. The number of aliphatic carboxylic acids is 1. The molecule has 174 valence electrons. The fourth-order valence-corrected chi connectivity index (χ4v) is 4.00. The molecule has 0 radical (unpaired) electrons. The van der Waals surface area contributed by atoms with Crippen LogP contribution in [0.3, 0.4) is 0 Å². The van der Waals surface area contributed by atoms with Gasteiger partial charge in [-0.25, -0.2) is 4.79 Å². The predicted molar refractivity (Wildman–Crippen MR) is 140 cm³/mol. The first kappa shape index (κ1) is 24.4. The minimum Gasteiger partial charge on any atom is -0.478 e. The van der Waals surface area contributed by atoms with E-state index in [1.807, 2.05) is 24.3 Å². The minimum atomic E-state index is -0.924. The Kier molecular flexibility index (Phi) is 10.3. The van der Waals surface area contributed by atoms with Crippen molar-refractivity contribution >= 4 is 34.7 Å². The van der Waals surface area contributed by atoms with E-state index < -0.39 is 5.97 Å². The number of carboxylic acid groups (broad SMARTS) is 1. The van der Waals surface area contributed by atoms with Crippen LogP contribution in [0, 0.1) is 0 Å². The molecule has 1 heterocycles. The number of carbonyl (C=O) groups is 1. The number of aromatic amines is 1. The van der Waals surface area contributed by atoms with E-state index in [2.05, 4.69) is 52.9 Å². The number of para-hydroxylation sites is 1. The lowest BCUT2D eigenvalue weighted by molar-refractivity contribution is -0.131. The molecule has 0 unspecified atom stereocenters. The zero-order chi connectivity index (χ0) is 23.1. The van der Waals surface area contributed by atoms with Crippen LogP contribution in [0.4, 0.5) is 5.69 Å². The standard InChI is InChI=1S/C29H36N2O2/c32-29(33)21-18-24-16-19-26(20-17-24)30-22-12-8-6-4-2-1-3-5-7-9-13-25-23-31-28-15-11-10-14-27(25)28/h9-11,13-21,23,30-31H,1-8,12,22H2,(H,32,33). The first-order chi connectivity index (χ1) is 16.2. The van der Waals surface area contributed by atoms with Gasteiger partial charge in [0.15, 0.2) is 0 Å². The Labute approximate surface area is 197 Å². The molecule has 0 bridgehead atoms. The average molecular weight is 445 g/mol. The number of anilines is 1. The minimum absolute atomic E-state index is 0.897. The van der Waals surface area contributed by atoms with Crippen LogP contribution in [-0.4, -0.2) is 22.6 Å². The number of allylic oxidation sites excluding steroid dienone is 1. The van der Waals surface area contributed by atoms with Crippen molar-refractivity contribution in [2.24, 2.45) is 0 Å². The van der Waals surface area contributed by atoms with Crippen molar-refractivity contribution in [3.8, 4) is 0 Å². The first-order valence-electron chi connectivity index (χ1n) is 12.2. The summed E-state index contributed by atoms with van der Waals surface area (Å²) in [7, 11) is 0. The molecule has 0 atom stereocenters. The topological polar surface area (TPSA) is 65.1 Å². The molecule has 3 rings (SSSR count). The summed E-state index contributed by atoms with van der Waals surface area (Å²) in [5.41, 5.74) is 4.47. The van der Waals surface area contributed by atoms with Crippen molar-refractivity contribution in [3.63, 3.8) is 0 Å². The van der Waals surface area contributed by atoms with Gasteiger partial charge in [-0.15, -0.1) is 0 Å². The molecule has 0 spiro atoms. The lowest BCUT2D eigenvalue weighted by Crippen LogP contribution is -2.01. The van der Waals surface area contributed by atoms with Gasteiger partial charge in [0, 0.05) is 35.4 Å². The molecule has 4 heteroatoms. The van der Waals surface area contributed by atoms with Crippen molar-refractivity contribution in [1.82, 2.24) is 4.98 Å². The molecule has 0 saturated heterocycles. The number of unbranched alkanes of at least 4 members (excludes halogenated alkanes) is 8. The molecule has 33 heavy (non-hydrogen) atoms. The van der Waals surface area contributed by atoms with E-state index in [1.165, 1.54) is 67.8 Å². The number of benzene rings is 2. The second-order valence-electron chi connectivity index (χ2n) is 8.53. The largest absolute Gasteiger partial charge is 0.478 e. The Morgan fingerprint density at radius 1 is 0.848 bits per heavy atom. The van der Waals surface area contributed by atoms with Gasteiger partial charge < -0.3 is 15.4 Å². The van der Waals surface area contributed by atoms with Crippen molar-refractivity contribution in [1.29, 1.82) is 0 Å². The highest BCUT2D eigenvalue weighted by molar-refractivity contribution is 5.88. The predicted octanol–water partition coefficient (Wildman–Crippen LogP) is 7.90. The van der Waals surface area contributed by atoms with E-state index in [0.29, 0.717) is 0 Å². The van der Waals surface area contributed by atoms with Crippen LogP contribution >= 0.6 is 0 Å². The van der Waals surface area contributed by atoms with Crippen molar-refractivity contribution < 1.29 is 9.90 Å². The van der Waals surface area contributed by atoms with Gasteiger partial charge in [0.2, 0.25) is 0 Å². The lowest BCUT2D eigenvalue weighted by atomic mass is 10.1. The number of aromatic nitrogens is 1. The van der Waals surface area contributed by atoms with Crippen LogP contribution in [0.15, 0.2) is 66.9 Å². The van der Waals surface area contributed by atoms with Gasteiger partial charge in [0.1, 0.15) is 0 Å². The van der Waals surface area contributed by atoms with Crippen LogP contribution in [0.25, 0.3) is 23.1 Å². The summed E-state index contributed by atoms with van der Waals surface area (Å²) in [4.78, 5) is 13.9. The number of carboxylic acids is 1. The fraction of sp³-hybridized carbons (Fsp3) is 0.345. The van der Waals surface area contributed by atoms with Crippen molar-refractivity contribution in [2.45, 2.75) is 57.8 Å². The van der Waals surface area contributed by atoms with E-state index in [0.717, 1.165) is 30.3 Å². The number of hydrogen-bond donors (Lipinski definition) is 3. The molecular formula is C29H36N2O2. The number of nitrogens with one attached hydrogen (secondary N) is 2. The van der Waals surface area contributed by atoms with E-state index >= 15 is 0 Å². The third-order valence-corrected chi connectivity index (χ3v) is 5.87. The van der Waals surface area contributed by atoms with E-state index in [4.69, 9.17) is 5.11 Å². The van der Waals surface area contributed by atoms with Crippen LogP contribution in [0.5, 0.6) is 0 Å². The quantitative estimate of drug-likeness (QED) is 0.165. The van der Waals surface area contributed by atoms with Crippen LogP contribution in [-0.2, 0) is 4.79 Å². The molecule has 0 aliphatic heterocycles. The maximum Gasteiger partial charge on any atom is 0.328 e. The number of fused-ring (bicyclic) bond motifs is 1. The van der Waals surface area contributed by atoms with Crippen LogP contribution in [0.1, 0.15) is 68.9 Å². The summed E-state index contributed by atoms with van der Waals surface area (Å²) in [5.74, 6) is -0.924. The third kappa shape index (κ3) is 9.01. The lowest BCUT2D eigenvalue weighted by Gasteiger charge is -2.07. The molecule has 0 fully saturated rings. The Morgan fingerprint density at radius 2 is 1.55 bits per heavy atom. The van der Waals surface area contributed by atoms with E-state index in [1.54, 1.807) is 6.08 Å². The monoisotopic (exact) mass is 444 g/mol. The Morgan fingerprint density at radius 3 is 2.30 bits per heavy atom. The van der Waals surface area contributed by atoms with Gasteiger partial charge >= 0.3 is 5.97 Å². The van der Waals surface area contributed by atoms with Crippen LogP contribution in [0.2, 0.25) is 0 Å². The van der Waals surface area contributed by atoms with Gasteiger partial charge in [-0.05, 0) is 54.7 Å². The van der Waals surface area contributed by atoms with Gasteiger partial charge in [-0.2, -0.15) is 0 Å². The van der Waals surface area contributed by atoms with Gasteiger partial charge in [-0.1, -0.05) is 81.0 Å².